The predicted molar refractivity (Wildman–Crippen MR) is 52.5 cm³/mol. The Hall–Kier alpha value is -0.0900. The maximum Gasteiger partial charge on any atom is 0.154 e. The monoisotopic (exact) mass is 203 g/mol. The normalized spacial score (nSPS) is 30.3. The molecule has 0 radical (unpaired) electrons. The van der Waals surface area contributed by atoms with Crippen LogP contribution in [0.1, 0.15) is 32.1 Å². The van der Waals surface area contributed by atoms with E-state index in [-0.39, 0.29) is 11.3 Å². The van der Waals surface area contributed by atoms with Crippen LogP contribution in [0.15, 0.2) is 0 Å². The molecule has 2 fully saturated rings. The lowest BCUT2D eigenvalue weighted by Crippen LogP contribution is -2.48. The lowest BCUT2D eigenvalue weighted by molar-refractivity contribution is 0.397. The minimum absolute atomic E-state index is 0.0186. The number of rotatable bonds is 3. The van der Waals surface area contributed by atoms with E-state index in [9.17, 15) is 8.42 Å². The van der Waals surface area contributed by atoms with Crippen molar-refractivity contribution in [2.24, 2.45) is 0 Å². The highest BCUT2D eigenvalue weighted by Crippen LogP contribution is 2.26. The first kappa shape index (κ1) is 9.46. The van der Waals surface area contributed by atoms with Crippen LogP contribution < -0.4 is 5.32 Å². The number of nitrogens with one attached hydrogen (secondary N) is 1. The molecule has 13 heavy (non-hydrogen) atoms. The molecule has 0 spiro atoms. The van der Waals surface area contributed by atoms with Crippen molar-refractivity contribution in [3.63, 3.8) is 0 Å². The Bertz CT molecular complexity index is 263. The van der Waals surface area contributed by atoms with Crippen molar-refractivity contribution >= 4 is 9.84 Å². The molecule has 0 aromatic rings. The molecular formula is C9H17NO2S. The summed E-state index contributed by atoms with van der Waals surface area (Å²) >= 11 is 0. The average molecular weight is 203 g/mol. The zero-order valence-corrected chi connectivity index (χ0v) is 8.65. The van der Waals surface area contributed by atoms with Gasteiger partial charge in [0, 0.05) is 6.04 Å². The topological polar surface area (TPSA) is 46.2 Å². The van der Waals surface area contributed by atoms with Gasteiger partial charge < -0.3 is 5.32 Å². The van der Waals surface area contributed by atoms with Gasteiger partial charge in [0.25, 0.3) is 0 Å². The molecule has 1 N–H and O–H groups in total. The summed E-state index contributed by atoms with van der Waals surface area (Å²) < 4.78 is 23.6. The summed E-state index contributed by atoms with van der Waals surface area (Å²) in [5.41, 5.74) is 0. The van der Waals surface area contributed by atoms with Gasteiger partial charge in [-0.25, -0.2) is 8.42 Å². The molecule has 2 aliphatic rings. The van der Waals surface area contributed by atoms with Gasteiger partial charge in [0.2, 0.25) is 0 Å². The zero-order chi connectivity index (χ0) is 9.31. The summed E-state index contributed by atoms with van der Waals surface area (Å²) in [6.45, 7) is 0.991. The molecule has 2 rings (SSSR count). The fourth-order valence-corrected chi connectivity index (χ4v) is 4.32. The van der Waals surface area contributed by atoms with Gasteiger partial charge in [-0.05, 0) is 25.8 Å². The van der Waals surface area contributed by atoms with Crippen molar-refractivity contribution in [2.45, 2.75) is 43.4 Å². The molecule has 1 heterocycles. The molecule has 0 aromatic heterocycles. The molecule has 0 aromatic carbocycles. The minimum atomic E-state index is -2.78. The summed E-state index contributed by atoms with van der Waals surface area (Å²) in [4.78, 5) is 0. The van der Waals surface area contributed by atoms with Crippen LogP contribution in [0.3, 0.4) is 0 Å². The van der Waals surface area contributed by atoms with Crippen LogP contribution >= 0.6 is 0 Å². The molecular weight excluding hydrogens is 186 g/mol. The van der Waals surface area contributed by atoms with Gasteiger partial charge >= 0.3 is 0 Å². The Morgan fingerprint density at radius 1 is 1.15 bits per heavy atom. The SMILES string of the molecule is O=S(=O)(CC1CCN1)C1CCCC1. The number of hydrogen-bond acceptors (Lipinski definition) is 3. The second-order valence-corrected chi connectivity index (χ2v) is 6.50. The maximum atomic E-state index is 11.8. The molecule has 0 bridgehead atoms. The van der Waals surface area contributed by atoms with Crippen molar-refractivity contribution in [1.29, 1.82) is 0 Å². The summed E-state index contributed by atoms with van der Waals surface area (Å²) in [5.74, 6) is 0.373. The van der Waals surface area contributed by atoms with E-state index in [0.29, 0.717) is 5.75 Å². The first-order chi connectivity index (χ1) is 6.18. The van der Waals surface area contributed by atoms with E-state index in [1.165, 1.54) is 0 Å². The van der Waals surface area contributed by atoms with Crippen molar-refractivity contribution in [3.8, 4) is 0 Å². The molecule has 4 heteroatoms. The molecule has 1 aliphatic carbocycles. The first-order valence-corrected chi connectivity index (χ1v) is 6.85. The Labute approximate surface area is 79.8 Å². The van der Waals surface area contributed by atoms with E-state index < -0.39 is 9.84 Å². The van der Waals surface area contributed by atoms with E-state index in [1.54, 1.807) is 0 Å². The summed E-state index contributed by atoms with van der Waals surface area (Å²) in [7, 11) is -2.78. The van der Waals surface area contributed by atoms with Gasteiger partial charge in [0.05, 0.1) is 11.0 Å². The third kappa shape index (κ3) is 2.05. The van der Waals surface area contributed by atoms with E-state index in [1.807, 2.05) is 0 Å². The van der Waals surface area contributed by atoms with Crippen LogP contribution in [0.5, 0.6) is 0 Å². The van der Waals surface area contributed by atoms with E-state index in [2.05, 4.69) is 5.32 Å². The van der Waals surface area contributed by atoms with Gasteiger partial charge in [-0.15, -0.1) is 0 Å². The molecule has 76 valence electrons. The van der Waals surface area contributed by atoms with Crippen molar-refractivity contribution in [1.82, 2.24) is 5.32 Å². The predicted octanol–water partition coefficient (Wildman–Crippen LogP) is 0.706. The van der Waals surface area contributed by atoms with Gasteiger partial charge in [-0.3, -0.25) is 0 Å². The van der Waals surface area contributed by atoms with E-state index in [0.717, 1.165) is 38.6 Å². The van der Waals surface area contributed by atoms with Crippen molar-refractivity contribution in [2.75, 3.05) is 12.3 Å². The second-order valence-electron chi connectivity index (χ2n) is 4.18. The van der Waals surface area contributed by atoms with Gasteiger partial charge in [0.15, 0.2) is 9.84 Å². The smallest absolute Gasteiger partial charge is 0.154 e. The van der Waals surface area contributed by atoms with Crippen LogP contribution in [0.2, 0.25) is 0 Å². The highest BCUT2D eigenvalue weighted by atomic mass is 32.2. The Morgan fingerprint density at radius 3 is 2.23 bits per heavy atom. The summed E-state index contributed by atoms with van der Waals surface area (Å²) in [6.07, 6.45) is 5.03. The first-order valence-electron chi connectivity index (χ1n) is 5.13. The number of hydrogen-bond donors (Lipinski definition) is 1. The Kier molecular flexibility index (Phi) is 2.60. The highest BCUT2D eigenvalue weighted by molar-refractivity contribution is 7.92. The minimum Gasteiger partial charge on any atom is -0.313 e. The van der Waals surface area contributed by atoms with E-state index >= 15 is 0 Å². The fraction of sp³-hybridized carbons (Fsp3) is 1.00. The molecule has 1 saturated heterocycles. The molecule has 1 unspecified atom stereocenters. The van der Waals surface area contributed by atoms with E-state index in [4.69, 9.17) is 0 Å². The molecule has 0 amide bonds. The lowest BCUT2D eigenvalue weighted by atomic mass is 10.1. The second kappa shape index (κ2) is 3.58. The Balaban J connectivity index is 1.93. The quantitative estimate of drug-likeness (QED) is 0.734. The van der Waals surface area contributed by atoms with Crippen LogP contribution in [-0.4, -0.2) is 32.0 Å². The van der Waals surface area contributed by atoms with Gasteiger partial charge in [-0.1, -0.05) is 12.8 Å². The molecule has 1 saturated carbocycles. The molecule has 3 nitrogen and oxygen atoms in total. The van der Waals surface area contributed by atoms with Crippen molar-refractivity contribution < 1.29 is 8.42 Å². The zero-order valence-electron chi connectivity index (χ0n) is 7.83. The third-order valence-electron chi connectivity index (χ3n) is 3.17. The van der Waals surface area contributed by atoms with Crippen LogP contribution in [-0.2, 0) is 9.84 Å². The number of sulfone groups is 1. The van der Waals surface area contributed by atoms with Crippen molar-refractivity contribution in [3.05, 3.63) is 0 Å². The standard InChI is InChI=1S/C9H17NO2S/c11-13(12,7-8-5-6-10-8)9-3-1-2-4-9/h8-10H,1-7H2. The lowest BCUT2D eigenvalue weighted by Gasteiger charge is -2.28. The van der Waals surface area contributed by atoms with Crippen LogP contribution in [0.25, 0.3) is 0 Å². The summed E-state index contributed by atoms with van der Waals surface area (Å²) in [6, 6.07) is 0.255. The van der Waals surface area contributed by atoms with Crippen LogP contribution in [0, 0.1) is 0 Å². The molecule has 1 atom stereocenters. The summed E-state index contributed by atoms with van der Waals surface area (Å²) in [5, 5.41) is 3.13. The fourth-order valence-electron chi connectivity index (χ4n) is 2.15. The van der Waals surface area contributed by atoms with Gasteiger partial charge in [0.1, 0.15) is 0 Å². The Morgan fingerprint density at radius 2 is 1.77 bits per heavy atom. The van der Waals surface area contributed by atoms with Gasteiger partial charge in [-0.2, -0.15) is 0 Å². The molecule has 1 aliphatic heterocycles. The highest BCUT2D eigenvalue weighted by Gasteiger charge is 2.32. The van der Waals surface area contributed by atoms with Crippen LogP contribution in [0.4, 0.5) is 0 Å². The third-order valence-corrected chi connectivity index (χ3v) is 5.52. The average Bonchev–Trinajstić information content (AvgIpc) is 2.49. The largest absolute Gasteiger partial charge is 0.313 e. The maximum absolute atomic E-state index is 11.8.